The van der Waals surface area contributed by atoms with Crippen molar-refractivity contribution in [3.63, 3.8) is 0 Å². The Bertz CT molecular complexity index is 815. The Morgan fingerprint density at radius 1 is 1.10 bits per heavy atom. The zero-order valence-electron chi connectivity index (χ0n) is 19.0. The van der Waals surface area contributed by atoms with Gasteiger partial charge in [-0.15, -0.1) is 0 Å². The molecule has 0 aliphatic carbocycles. The third-order valence-corrected chi connectivity index (χ3v) is 6.08. The van der Waals surface area contributed by atoms with Crippen molar-refractivity contribution in [2.45, 2.75) is 59.8 Å². The Balaban J connectivity index is 1.85. The second-order valence-corrected chi connectivity index (χ2v) is 8.82. The van der Waals surface area contributed by atoms with E-state index in [4.69, 9.17) is 4.74 Å². The number of nitrogens with zero attached hydrogens (tertiary/aromatic N) is 2. The van der Waals surface area contributed by atoms with Gasteiger partial charge in [-0.3, -0.25) is 14.5 Å². The summed E-state index contributed by atoms with van der Waals surface area (Å²) in [4.78, 5) is 30.4. The van der Waals surface area contributed by atoms with Crippen LogP contribution in [0.5, 0.6) is 0 Å². The Labute approximate surface area is 181 Å². The minimum Gasteiger partial charge on any atom is -0.381 e. The molecule has 0 aromatic heterocycles. The van der Waals surface area contributed by atoms with Crippen LogP contribution in [-0.4, -0.2) is 54.5 Å². The Kier molecular flexibility index (Phi) is 7.70. The van der Waals surface area contributed by atoms with Crippen LogP contribution in [0, 0.1) is 19.8 Å². The lowest BCUT2D eigenvalue weighted by atomic mass is 9.95. The third kappa shape index (κ3) is 4.94. The van der Waals surface area contributed by atoms with E-state index in [0.717, 1.165) is 55.6 Å². The van der Waals surface area contributed by atoms with Crippen LogP contribution >= 0.6 is 0 Å². The number of carbonyl (C=O) groups excluding carboxylic acids is 2. The quantitative estimate of drug-likeness (QED) is 0.448. The second kappa shape index (κ2) is 10.3. The highest BCUT2D eigenvalue weighted by atomic mass is 16.5. The molecule has 0 saturated carbocycles. The van der Waals surface area contributed by atoms with Crippen molar-refractivity contribution in [2.75, 3.05) is 32.8 Å². The zero-order valence-corrected chi connectivity index (χ0v) is 19.0. The zero-order chi connectivity index (χ0) is 21.7. The van der Waals surface area contributed by atoms with Gasteiger partial charge < -0.3 is 9.64 Å². The number of piperidine rings is 1. The van der Waals surface area contributed by atoms with Crippen molar-refractivity contribution < 1.29 is 14.3 Å². The fourth-order valence-electron chi connectivity index (χ4n) is 4.46. The number of hydrogen-bond acceptors (Lipinski definition) is 4. The Morgan fingerprint density at radius 2 is 1.87 bits per heavy atom. The van der Waals surface area contributed by atoms with Crippen molar-refractivity contribution in [3.8, 4) is 0 Å². The highest BCUT2D eigenvalue weighted by Gasteiger charge is 2.42. The van der Waals surface area contributed by atoms with Gasteiger partial charge in [-0.25, -0.2) is 0 Å². The van der Waals surface area contributed by atoms with E-state index >= 15 is 0 Å². The topological polar surface area (TPSA) is 49.9 Å². The normalized spacial score (nSPS) is 19.9. The number of hydrogen-bond donors (Lipinski definition) is 0. The molecule has 2 aliphatic heterocycles. The van der Waals surface area contributed by atoms with Crippen LogP contribution in [0.25, 0.3) is 5.57 Å². The molecule has 2 aliphatic rings. The molecule has 1 aromatic rings. The lowest BCUT2D eigenvalue weighted by Gasteiger charge is -2.33. The molecule has 164 valence electrons. The van der Waals surface area contributed by atoms with Crippen LogP contribution in [0.4, 0.5) is 0 Å². The number of unbranched alkanes of at least 4 members (excludes halogenated alkanes) is 1. The molecule has 0 spiro atoms. The number of rotatable bonds is 9. The fraction of sp³-hybridized carbons (Fsp3) is 0.600. The molecule has 3 rings (SSSR count). The number of imide groups is 1. The summed E-state index contributed by atoms with van der Waals surface area (Å²) in [5.74, 6) is 0.224. The van der Waals surface area contributed by atoms with Gasteiger partial charge in [0.25, 0.3) is 11.8 Å². The third-order valence-electron chi connectivity index (χ3n) is 6.08. The number of carbonyl (C=O) groups is 2. The molecule has 2 heterocycles. The molecule has 0 radical (unpaired) electrons. The van der Waals surface area contributed by atoms with Crippen LogP contribution in [0.15, 0.2) is 23.9 Å². The van der Waals surface area contributed by atoms with E-state index in [1.54, 1.807) is 0 Å². The summed E-state index contributed by atoms with van der Waals surface area (Å²) in [6, 6.07) is 6.10. The molecule has 1 fully saturated rings. The molecule has 30 heavy (non-hydrogen) atoms. The number of ether oxygens (including phenoxy) is 1. The van der Waals surface area contributed by atoms with Crippen LogP contribution in [0.1, 0.15) is 62.6 Å². The van der Waals surface area contributed by atoms with Gasteiger partial charge >= 0.3 is 0 Å². The van der Waals surface area contributed by atoms with E-state index in [1.165, 1.54) is 11.3 Å². The lowest BCUT2D eigenvalue weighted by Crippen LogP contribution is -2.39. The number of aryl methyl sites for hydroxylation is 2. The number of amides is 2. The first-order valence-electron chi connectivity index (χ1n) is 11.4. The van der Waals surface area contributed by atoms with Crippen LogP contribution in [0.3, 0.4) is 0 Å². The van der Waals surface area contributed by atoms with E-state index in [1.807, 2.05) is 26.0 Å². The highest BCUT2D eigenvalue weighted by Crippen LogP contribution is 2.35. The summed E-state index contributed by atoms with van der Waals surface area (Å²) in [5, 5.41) is 0. The van der Waals surface area contributed by atoms with Gasteiger partial charge in [-0.2, -0.15) is 0 Å². The maximum Gasteiger partial charge on any atom is 0.277 e. The summed E-state index contributed by atoms with van der Waals surface area (Å²) in [7, 11) is 0. The molecule has 1 atom stereocenters. The smallest absolute Gasteiger partial charge is 0.277 e. The first kappa shape index (κ1) is 22.5. The molecular formula is C25H36N2O3. The summed E-state index contributed by atoms with van der Waals surface area (Å²) in [5.41, 5.74) is 4.26. The second-order valence-electron chi connectivity index (χ2n) is 8.82. The summed E-state index contributed by atoms with van der Waals surface area (Å²) in [6.07, 6.45) is 5.04. The first-order valence-corrected chi connectivity index (χ1v) is 11.4. The highest BCUT2D eigenvalue weighted by molar-refractivity contribution is 6.35. The van der Waals surface area contributed by atoms with Crippen molar-refractivity contribution in [1.82, 2.24) is 9.80 Å². The van der Waals surface area contributed by atoms with Crippen molar-refractivity contribution in [3.05, 3.63) is 40.6 Å². The Hall–Kier alpha value is -2.14. The molecule has 1 aromatic carbocycles. The van der Waals surface area contributed by atoms with Crippen molar-refractivity contribution in [2.24, 2.45) is 5.92 Å². The molecule has 2 amide bonds. The van der Waals surface area contributed by atoms with Gasteiger partial charge in [0, 0.05) is 32.8 Å². The van der Waals surface area contributed by atoms with Gasteiger partial charge in [-0.1, -0.05) is 44.0 Å². The lowest BCUT2D eigenvalue weighted by molar-refractivity contribution is -0.137. The monoisotopic (exact) mass is 412 g/mol. The molecule has 5 heteroatoms. The molecule has 0 N–H and O–H groups in total. The van der Waals surface area contributed by atoms with Crippen LogP contribution in [-0.2, 0) is 14.3 Å². The average molecular weight is 413 g/mol. The predicted octanol–water partition coefficient (Wildman–Crippen LogP) is 4.32. The van der Waals surface area contributed by atoms with E-state index in [0.29, 0.717) is 36.8 Å². The van der Waals surface area contributed by atoms with Gasteiger partial charge in [0.1, 0.15) is 5.70 Å². The molecular weight excluding hydrogens is 376 g/mol. The fourth-order valence-corrected chi connectivity index (χ4v) is 4.46. The van der Waals surface area contributed by atoms with Crippen molar-refractivity contribution in [1.29, 1.82) is 0 Å². The van der Waals surface area contributed by atoms with Crippen LogP contribution < -0.4 is 0 Å². The predicted molar refractivity (Wildman–Crippen MR) is 120 cm³/mol. The van der Waals surface area contributed by atoms with Gasteiger partial charge in [0.2, 0.25) is 0 Å². The molecule has 0 bridgehead atoms. The van der Waals surface area contributed by atoms with Gasteiger partial charge in [0.05, 0.1) is 5.57 Å². The van der Waals surface area contributed by atoms with E-state index in [2.05, 4.69) is 24.8 Å². The standard InChI is InChI=1S/C25H36N2O3/c1-5-6-14-30-15-8-13-27-24(28)22(21-11-10-18(2)16-20(21)4)23(25(27)29)26-12-7-9-19(3)17-26/h10-11,16,19H,5-9,12-15,17H2,1-4H3. The largest absolute Gasteiger partial charge is 0.381 e. The maximum atomic E-state index is 13.4. The van der Waals surface area contributed by atoms with E-state index in [-0.39, 0.29) is 11.8 Å². The Morgan fingerprint density at radius 3 is 2.57 bits per heavy atom. The van der Waals surface area contributed by atoms with Gasteiger partial charge in [0.15, 0.2) is 0 Å². The van der Waals surface area contributed by atoms with Gasteiger partial charge in [-0.05, 0) is 56.6 Å². The van der Waals surface area contributed by atoms with E-state index < -0.39 is 0 Å². The first-order chi connectivity index (χ1) is 14.4. The van der Waals surface area contributed by atoms with Crippen molar-refractivity contribution >= 4 is 17.4 Å². The maximum absolute atomic E-state index is 13.4. The van der Waals surface area contributed by atoms with E-state index in [9.17, 15) is 9.59 Å². The summed E-state index contributed by atoms with van der Waals surface area (Å²) >= 11 is 0. The number of likely N-dealkylation sites (tertiary alicyclic amines) is 1. The average Bonchev–Trinajstić information content (AvgIpc) is 2.95. The SMILES string of the molecule is CCCCOCCCN1C(=O)C(c2ccc(C)cc2C)=C(N2CCCC(C)C2)C1=O. The molecule has 1 saturated heterocycles. The number of benzene rings is 1. The molecule has 1 unspecified atom stereocenters. The summed E-state index contributed by atoms with van der Waals surface area (Å²) in [6.45, 7) is 11.8. The van der Waals surface area contributed by atoms with Crippen LogP contribution in [0.2, 0.25) is 0 Å². The minimum absolute atomic E-state index is 0.141. The molecule has 5 nitrogen and oxygen atoms in total. The minimum atomic E-state index is -0.159. The summed E-state index contributed by atoms with van der Waals surface area (Å²) < 4.78 is 5.63.